The van der Waals surface area contributed by atoms with Crippen molar-refractivity contribution in [3.8, 4) is 0 Å². The van der Waals surface area contributed by atoms with Crippen LogP contribution in [-0.4, -0.2) is 48.7 Å². The van der Waals surface area contributed by atoms with Crippen molar-refractivity contribution >= 4 is 11.7 Å². The first kappa shape index (κ1) is 30.7. The van der Waals surface area contributed by atoms with Crippen molar-refractivity contribution < 1.29 is 19.1 Å². The molecule has 0 radical (unpaired) electrons. The first-order valence-electron chi connectivity index (χ1n) is 13.7. The monoisotopic (exact) mass is 509 g/mol. The van der Waals surface area contributed by atoms with Crippen LogP contribution in [0, 0.1) is 5.92 Å². The third kappa shape index (κ3) is 11.2. The van der Waals surface area contributed by atoms with Crippen molar-refractivity contribution in [1.82, 2.24) is 4.90 Å². The molecule has 37 heavy (non-hydrogen) atoms. The minimum Gasteiger partial charge on any atom is -0.349 e. The van der Waals surface area contributed by atoms with Gasteiger partial charge in [-0.15, -0.1) is 13.2 Å². The van der Waals surface area contributed by atoms with E-state index in [-0.39, 0.29) is 23.7 Å². The Kier molecular flexibility index (Phi) is 13.0. The molecule has 2 aliphatic heterocycles. The quantitative estimate of drug-likeness (QED) is 0.247. The fraction of sp³-hybridized carbons (Fsp3) is 0.562. The zero-order chi connectivity index (χ0) is 27.4. The summed E-state index contributed by atoms with van der Waals surface area (Å²) in [6.45, 7) is 20.0. The highest BCUT2D eigenvalue weighted by Gasteiger charge is 2.36. The summed E-state index contributed by atoms with van der Waals surface area (Å²) in [6.07, 6.45) is 15.6. The number of fused-ring (bicyclic) bond motifs is 1. The molecule has 2 heterocycles. The molecule has 1 unspecified atom stereocenters. The molecule has 1 amide bonds. The van der Waals surface area contributed by atoms with Crippen LogP contribution >= 0.6 is 0 Å². The van der Waals surface area contributed by atoms with E-state index in [1.165, 1.54) is 17.6 Å². The highest BCUT2D eigenvalue weighted by atomic mass is 16.7. The first-order chi connectivity index (χ1) is 17.6. The van der Waals surface area contributed by atoms with Gasteiger partial charge in [-0.2, -0.15) is 0 Å². The number of allylic oxidation sites excluding steroid dienone is 5. The molecule has 1 saturated heterocycles. The van der Waals surface area contributed by atoms with Gasteiger partial charge in [-0.05, 0) is 96.4 Å². The second kappa shape index (κ2) is 15.7. The lowest BCUT2D eigenvalue weighted by atomic mass is 9.80. The van der Waals surface area contributed by atoms with E-state index in [1.807, 2.05) is 37.0 Å². The fourth-order valence-electron chi connectivity index (χ4n) is 4.46. The minimum absolute atomic E-state index is 0.0391. The number of nitrogens with zero attached hydrogens (tertiary/aromatic N) is 1. The van der Waals surface area contributed by atoms with Gasteiger partial charge in [0.2, 0.25) is 5.91 Å². The van der Waals surface area contributed by atoms with E-state index in [1.54, 1.807) is 6.08 Å². The van der Waals surface area contributed by atoms with Crippen LogP contribution in [0.15, 0.2) is 71.4 Å². The second-order valence-electron chi connectivity index (χ2n) is 10.8. The van der Waals surface area contributed by atoms with Gasteiger partial charge >= 0.3 is 0 Å². The van der Waals surface area contributed by atoms with Crippen LogP contribution in [0.4, 0.5) is 0 Å². The summed E-state index contributed by atoms with van der Waals surface area (Å²) in [6, 6.07) is 0. The van der Waals surface area contributed by atoms with Crippen LogP contribution in [0.3, 0.4) is 0 Å². The van der Waals surface area contributed by atoms with Gasteiger partial charge in [-0.3, -0.25) is 9.59 Å². The smallest absolute Gasteiger partial charge is 0.246 e. The molecule has 5 heteroatoms. The summed E-state index contributed by atoms with van der Waals surface area (Å²) in [5, 5.41) is 0. The van der Waals surface area contributed by atoms with Gasteiger partial charge in [0.05, 0.1) is 12.7 Å². The van der Waals surface area contributed by atoms with Crippen LogP contribution in [0.5, 0.6) is 0 Å². The Hall–Kier alpha value is -2.50. The summed E-state index contributed by atoms with van der Waals surface area (Å²) in [5.41, 5.74) is 5.41. The number of amides is 1. The molecule has 1 aliphatic carbocycles. The highest BCUT2D eigenvalue weighted by Crippen LogP contribution is 2.35. The summed E-state index contributed by atoms with van der Waals surface area (Å²) in [4.78, 5) is 26.6. The number of rotatable bonds is 9. The van der Waals surface area contributed by atoms with Crippen molar-refractivity contribution in [1.29, 1.82) is 0 Å². The van der Waals surface area contributed by atoms with Crippen molar-refractivity contribution in [2.24, 2.45) is 5.92 Å². The molecule has 0 bridgehead atoms. The topological polar surface area (TPSA) is 55.8 Å². The number of hydrogen-bond acceptors (Lipinski definition) is 4. The molecule has 0 aromatic carbocycles. The van der Waals surface area contributed by atoms with E-state index in [4.69, 9.17) is 9.47 Å². The highest BCUT2D eigenvalue weighted by molar-refractivity contribution is 5.96. The van der Waals surface area contributed by atoms with Crippen molar-refractivity contribution in [2.45, 2.75) is 92.0 Å². The number of ether oxygens (including phenoxy) is 2. The normalized spacial score (nSPS) is 23.3. The molecule has 3 rings (SSSR count). The average molecular weight is 510 g/mol. The zero-order valence-electron chi connectivity index (χ0n) is 23.7. The van der Waals surface area contributed by atoms with Gasteiger partial charge in [0.1, 0.15) is 0 Å². The lowest BCUT2D eigenvalue weighted by molar-refractivity contribution is -0.152. The zero-order valence-corrected chi connectivity index (χ0v) is 23.7. The Morgan fingerprint density at radius 1 is 1.08 bits per heavy atom. The Labute approximate surface area is 224 Å². The molecule has 0 spiro atoms. The molecule has 0 aromatic heterocycles. The van der Waals surface area contributed by atoms with E-state index >= 15 is 0 Å². The minimum atomic E-state index is -0.484. The fourth-order valence-corrected chi connectivity index (χ4v) is 4.46. The molecule has 5 nitrogen and oxygen atoms in total. The average Bonchev–Trinajstić information content (AvgIpc) is 2.83. The van der Waals surface area contributed by atoms with E-state index in [2.05, 4.69) is 40.0 Å². The Bertz CT molecular complexity index is 942. The molecule has 0 saturated carbocycles. The Morgan fingerprint density at radius 2 is 1.76 bits per heavy atom. The SMILES string of the molecule is C=C(C)CCC=C(C)C.C=C(C)CCO[C@@H]1C=C(/C=C/C(=O)N2CCCCC2)[C@H]2CC(=O)C(C)=CC2O1. The number of likely N-dealkylation sites (tertiary alicyclic amines) is 1. The largest absolute Gasteiger partial charge is 0.349 e. The van der Waals surface area contributed by atoms with Gasteiger partial charge in [0.25, 0.3) is 0 Å². The van der Waals surface area contributed by atoms with Crippen LogP contribution in [0.2, 0.25) is 0 Å². The van der Waals surface area contributed by atoms with Gasteiger partial charge in [-0.1, -0.05) is 28.9 Å². The number of ketones is 1. The molecular formula is C32H47NO4. The first-order valence-corrected chi connectivity index (χ1v) is 13.7. The van der Waals surface area contributed by atoms with Gasteiger partial charge in [0.15, 0.2) is 12.1 Å². The summed E-state index contributed by atoms with van der Waals surface area (Å²) >= 11 is 0. The Balaban J connectivity index is 0.000000458. The lowest BCUT2D eigenvalue weighted by Gasteiger charge is -2.36. The molecule has 0 N–H and O–H groups in total. The number of carbonyl (C=O) groups excluding carboxylic acids is 2. The van der Waals surface area contributed by atoms with E-state index < -0.39 is 6.29 Å². The van der Waals surface area contributed by atoms with Gasteiger partial charge in [-0.25, -0.2) is 0 Å². The molecular weight excluding hydrogens is 462 g/mol. The predicted octanol–water partition coefficient (Wildman–Crippen LogP) is 7.03. The number of carbonyl (C=O) groups is 2. The number of Topliss-reactive ketones (excluding diaryl/α,β-unsaturated/α-hetero) is 1. The van der Waals surface area contributed by atoms with E-state index in [9.17, 15) is 9.59 Å². The van der Waals surface area contributed by atoms with E-state index in [0.29, 0.717) is 13.0 Å². The van der Waals surface area contributed by atoms with Crippen LogP contribution in [0.25, 0.3) is 0 Å². The molecule has 3 atom stereocenters. The van der Waals surface area contributed by atoms with E-state index in [0.717, 1.165) is 61.9 Å². The number of piperidine rings is 1. The maximum atomic E-state index is 12.5. The Morgan fingerprint density at radius 3 is 2.38 bits per heavy atom. The summed E-state index contributed by atoms with van der Waals surface area (Å²) < 4.78 is 11.9. The number of hydrogen-bond donors (Lipinski definition) is 0. The van der Waals surface area contributed by atoms with Crippen LogP contribution in [0.1, 0.15) is 79.6 Å². The van der Waals surface area contributed by atoms with Gasteiger partial charge in [0, 0.05) is 31.5 Å². The van der Waals surface area contributed by atoms with Gasteiger partial charge < -0.3 is 14.4 Å². The third-order valence-corrected chi connectivity index (χ3v) is 6.72. The maximum Gasteiger partial charge on any atom is 0.246 e. The van der Waals surface area contributed by atoms with Crippen molar-refractivity contribution in [3.63, 3.8) is 0 Å². The molecule has 0 aromatic rings. The molecule has 1 fully saturated rings. The van der Waals surface area contributed by atoms with Crippen LogP contribution in [-0.2, 0) is 19.1 Å². The molecule has 204 valence electrons. The summed E-state index contributed by atoms with van der Waals surface area (Å²) in [7, 11) is 0. The maximum absolute atomic E-state index is 12.5. The summed E-state index contributed by atoms with van der Waals surface area (Å²) in [5.74, 6) is 0.105. The lowest BCUT2D eigenvalue weighted by Crippen LogP contribution is -2.38. The van der Waals surface area contributed by atoms with Crippen LogP contribution < -0.4 is 0 Å². The standard InChI is InChI=1S/C23H31NO4.C9H16/c1-16(2)9-12-27-23-14-18(7-8-22(26)24-10-5-4-6-11-24)19-15-20(25)17(3)13-21(19)28-23;1-8(2)6-5-7-9(3)4/h7-8,13-14,19,21,23H,1,4-6,9-12,15H2,2-3H3;7H,1,5-6H2,2-4H3/b8-7+;/t19-,21?,23+;/m1./s1. The van der Waals surface area contributed by atoms with Crippen molar-refractivity contribution in [2.75, 3.05) is 19.7 Å². The third-order valence-electron chi connectivity index (χ3n) is 6.72. The molecule has 3 aliphatic rings. The van der Waals surface area contributed by atoms with Crippen molar-refractivity contribution in [3.05, 3.63) is 71.4 Å². The second-order valence-corrected chi connectivity index (χ2v) is 10.8. The predicted molar refractivity (Wildman–Crippen MR) is 152 cm³/mol.